The van der Waals surface area contributed by atoms with Crippen molar-refractivity contribution in [2.75, 3.05) is 29.1 Å². The molecular weight excluding hydrogens is 354 g/mol. The van der Waals surface area contributed by atoms with Gasteiger partial charge in [-0.25, -0.2) is 0 Å². The molecule has 0 aromatic heterocycles. The Balaban J connectivity index is 1.52. The number of amides is 2. The molecule has 0 bridgehead atoms. The number of carbonyl (C=O) groups is 2. The van der Waals surface area contributed by atoms with Crippen molar-refractivity contribution in [1.82, 2.24) is 0 Å². The summed E-state index contributed by atoms with van der Waals surface area (Å²) in [7, 11) is 0. The fraction of sp³-hybridized carbons (Fsp3) is 0.364. The van der Waals surface area contributed by atoms with E-state index >= 15 is 0 Å². The molecule has 1 saturated carbocycles. The Bertz CT molecular complexity index is 829. The van der Waals surface area contributed by atoms with E-state index in [1.165, 1.54) is 0 Å². The van der Waals surface area contributed by atoms with Gasteiger partial charge in [-0.3, -0.25) is 9.59 Å². The number of rotatable bonds is 9. The van der Waals surface area contributed by atoms with Crippen molar-refractivity contribution in [1.29, 1.82) is 0 Å². The largest absolute Gasteiger partial charge is 0.494 e. The molecule has 6 heteroatoms. The van der Waals surface area contributed by atoms with Gasteiger partial charge in [-0.05, 0) is 68.1 Å². The first-order chi connectivity index (χ1) is 13.6. The Morgan fingerprint density at radius 1 is 1.04 bits per heavy atom. The number of anilines is 3. The summed E-state index contributed by atoms with van der Waals surface area (Å²) in [5.74, 6) is 0.859. The second-order valence-corrected chi connectivity index (χ2v) is 7.02. The second-order valence-electron chi connectivity index (χ2n) is 7.02. The van der Waals surface area contributed by atoms with Crippen molar-refractivity contribution in [3.8, 4) is 5.75 Å². The van der Waals surface area contributed by atoms with Gasteiger partial charge >= 0.3 is 0 Å². The summed E-state index contributed by atoms with van der Waals surface area (Å²) in [6.07, 6.45) is 2.88. The standard InChI is InChI=1S/C22H27N3O3/c1-3-13-28-18-11-9-17(10-12-18)23-14-21(26)24-19-5-4-6-20(15(19)2)25-22(27)16-7-8-16/h4-6,9-12,16,23H,3,7-8,13-14H2,1-2H3,(H,24,26)(H,25,27). The van der Waals surface area contributed by atoms with Gasteiger partial charge in [-0.2, -0.15) is 0 Å². The zero-order chi connectivity index (χ0) is 19.9. The van der Waals surface area contributed by atoms with Crippen molar-refractivity contribution in [3.63, 3.8) is 0 Å². The van der Waals surface area contributed by atoms with Crippen LogP contribution in [0.3, 0.4) is 0 Å². The summed E-state index contributed by atoms with van der Waals surface area (Å²) < 4.78 is 5.55. The molecule has 1 aliphatic rings. The van der Waals surface area contributed by atoms with E-state index < -0.39 is 0 Å². The van der Waals surface area contributed by atoms with Crippen molar-refractivity contribution in [2.24, 2.45) is 5.92 Å². The molecule has 0 heterocycles. The van der Waals surface area contributed by atoms with E-state index in [1.807, 2.05) is 49.4 Å². The van der Waals surface area contributed by atoms with E-state index in [4.69, 9.17) is 4.74 Å². The van der Waals surface area contributed by atoms with Gasteiger partial charge in [0.25, 0.3) is 0 Å². The molecule has 0 aliphatic heterocycles. The molecule has 3 rings (SSSR count). The van der Waals surface area contributed by atoms with Gasteiger partial charge in [0, 0.05) is 23.0 Å². The summed E-state index contributed by atoms with van der Waals surface area (Å²) in [5, 5.41) is 8.95. The lowest BCUT2D eigenvalue weighted by molar-refractivity contribution is -0.117. The van der Waals surface area contributed by atoms with Gasteiger partial charge < -0.3 is 20.7 Å². The third kappa shape index (κ3) is 5.49. The second kappa shape index (κ2) is 9.26. The van der Waals surface area contributed by atoms with Crippen LogP contribution in [0.25, 0.3) is 0 Å². The number of hydrogen-bond donors (Lipinski definition) is 3. The molecule has 2 aromatic carbocycles. The van der Waals surface area contributed by atoms with Gasteiger partial charge in [0.2, 0.25) is 11.8 Å². The third-order valence-electron chi connectivity index (χ3n) is 4.59. The van der Waals surface area contributed by atoms with Crippen LogP contribution in [0.1, 0.15) is 31.7 Å². The molecule has 6 nitrogen and oxygen atoms in total. The zero-order valence-electron chi connectivity index (χ0n) is 16.4. The molecule has 148 valence electrons. The maximum atomic E-state index is 12.3. The summed E-state index contributed by atoms with van der Waals surface area (Å²) in [5.41, 5.74) is 3.14. The molecule has 0 saturated heterocycles. The molecule has 0 unspecified atom stereocenters. The highest BCUT2D eigenvalue weighted by atomic mass is 16.5. The number of carbonyl (C=O) groups excluding carboxylic acids is 2. The van der Waals surface area contributed by atoms with E-state index in [-0.39, 0.29) is 24.3 Å². The van der Waals surface area contributed by atoms with Gasteiger partial charge in [-0.15, -0.1) is 0 Å². The van der Waals surface area contributed by atoms with Crippen molar-refractivity contribution < 1.29 is 14.3 Å². The number of benzene rings is 2. The minimum Gasteiger partial charge on any atom is -0.494 e. The Labute approximate surface area is 165 Å². The maximum Gasteiger partial charge on any atom is 0.243 e. The van der Waals surface area contributed by atoms with Gasteiger partial charge in [-0.1, -0.05) is 13.0 Å². The smallest absolute Gasteiger partial charge is 0.243 e. The van der Waals surface area contributed by atoms with Crippen LogP contribution in [0.4, 0.5) is 17.1 Å². The Morgan fingerprint density at radius 3 is 2.36 bits per heavy atom. The van der Waals surface area contributed by atoms with E-state index in [0.717, 1.165) is 42.0 Å². The van der Waals surface area contributed by atoms with Gasteiger partial charge in [0.15, 0.2) is 0 Å². The summed E-state index contributed by atoms with van der Waals surface area (Å²) in [6, 6.07) is 13.0. The fourth-order valence-electron chi connectivity index (χ4n) is 2.75. The summed E-state index contributed by atoms with van der Waals surface area (Å²) in [4.78, 5) is 24.3. The van der Waals surface area contributed by atoms with Crippen LogP contribution in [0.2, 0.25) is 0 Å². The van der Waals surface area contributed by atoms with Gasteiger partial charge in [0.1, 0.15) is 5.75 Å². The first-order valence-electron chi connectivity index (χ1n) is 9.74. The average Bonchev–Trinajstić information content (AvgIpc) is 3.54. The Kier molecular flexibility index (Phi) is 6.53. The Hall–Kier alpha value is -3.02. The molecule has 2 amide bonds. The first kappa shape index (κ1) is 19.7. The number of hydrogen-bond acceptors (Lipinski definition) is 4. The topological polar surface area (TPSA) is 79.5 Å². The maximum absolute atomic E-state index is 12.3. The normalized spacial score (nSPS) is 12.9. The van der Waals surface area contributed by atoms with Crippen molar-refractivity contribution in [2.45, 2.75) is 33.1 Å². The monoisotopic (exact) mass is 381 g/mol. The number of nitrogens with one attached hydrogen (secondary N) is 3. The van der Waals surface area contributed by atoms with E-state index in [2.05, 4.69) is 22.9 Å². The van der Waals surface area contributed by atoms with Crippen LogP contribution >= 0.6 is 0 Å². The van der Waals surface area contributed by atoms with Crippen LogP contribution < -0.4 is 20.7 Å². The van der Waals surface area contributed by atoms with Crippen molar-refractivity contribution in [3.05, 3.63) is 48.0 Å². The lowest BCUT2D eigenvalue weighted by atomic mass is 10.1. The fourth-order valence-corrected chi connectivity index (χ4v) is 2.75. The van der Waals surface area contributed by atoms with E-state index in [0.29, 0.717) is 12.3 Å². The number of ether oxygens (including phenoxy) is 1. The van der Waals surface area contributed by atoms with Crippen LogP contribution in [-0.4, -0.2) is 25.0 Å². The highest BCUT2D eigenvalue weighted by Crippen LogP contribution is 2.31. The molecule has 0 atom stereocenters. The molecule has 1 aliphatic carbocycles. The Morgan fingerprint density at radius 2 is 1.71 bits per heavy atom. The van der Waals surface area contributed by atoms with Crippen LogP contribution in [-0.2, 0) is 9.59 Å². The van der Waals surface area contributed by atoms with Crippen LogP contribution in [0, 0.1) is 12.8 Å². The van der Waals surface area contributed by atoms with E-state index in [1.54, 1.807) is 0 Å². The minimum atomic E-state index is -0.153. The van der Waals surface area contributed by atoms with Gasteiger partial charge in [0.05, 0.1) is 13.2 Å². The third-order valence-corrected chi connectivity index (χ3v) is 4.59. The molecule has 0 radical (unpaired) electrons. The first-order valence-corrected chi connectivity index (χ1v) is 9.74. The predicted octanol–water partition coefficient (Wildman–Crippen LogP) is 4.18. The summed E-state index contributed by atoms with van der Waals surface area (Å²) in [6.45, 7) is 4.79. The van der Waals surface area contributed by atoms with Crippen LogP contribution in [0.5, 0.6) is 5.75 Å². The molecule has 1 fully saturated rings. The highest BCUT2D eigenvalue weighted by molar-refractivity contribution is 5.98. The SMILES string of the molecule is CCCOc1ccc(NCC(=O)Nc2cccc(NC(=O)C3CC3)c2C)cc1. The lowest BCUT2D eigenvalue weighted by Crippen LogP contribution is -2.22. The lowest BCUT2D eigenvalue weighted by Gasteiger charge is -2.14. The van der Waals surface area contributed by atoms with Crippen LogP contribution in [0.15, 0.2) is 42.5 Å². The quantitative estimate of drug-likeness (QED) is 0.609. The molecule has 28 heavy (non-hydrogen) atoms. The molecule has 0 spiro atoms. The molecule has 3 N–H and O–H groups in total. The molecule has 2 aromatic rings. The molecular formula is C22H27N3O3. The predicted molar refractivity (Wildman–Crippen MR) is 112 cm³/mol. The zero-order valence-corrected chi connectivity index (χ0v) is 16.4. The summed E-state index contributed by atoms with van der Waals surface area (Å²) >= 11 is 0. The van der Waals surface area contributed by atoms with E-state index in [9.17, 15) is 9.59 Å². The minimum absolute atomic E-state index is 0.0552. The van der Waals surface area contributed by atoms with Crippen molar-refractivity contribution >= 4 is 28.9 Å². The average molecular weight is 381 g/mol. The highest BCUT2D eigenvalue weighted by Gasteiger charge is 2.29.